The van der Waals surface area contributed by atoms with Crippen LogP contribution in [0.1, 0.15) is 110 Å². The van der Waals surface area contributed by atoms with Gasteiger partial charge >= 0.3 is 0 Å². The summed E-state index contributed by atoms with van der Waals surface area (Å²) in [5, 5.41) is 0. The first kappa shape index (κ1) is 21.0. The maximum atomic E-state index is 5.67. The van der Waals surface area contributed by atoms with Gasteiger partial charge in [-0.1, -0.05) is 104 Å². The molecule has 0 aliphatic rings. The molecule has 0 atom stereocenters. The number of rotatable bonds is 18. The zero-order valence-corrected chi connectivity index (χ0v) is 14.8. The first-order chi connectivity index (χ1) is 10.4. The highest BCUT2D eigenvalue weighted by Crippen LogP contribution is 2.11. The molecule has 1 heteroatoms. The molecule has 0 spiro atoms. The van der Waals surface area contributed by atoms with Gasteiger partial charge in [0.15, 0.2) is 0 Å². The fourth-order valence-corrected chi connectivity index (χ4v) is 2.70. The molecule has 0 aliphatic heterocycles. The average Bonchev–Trinajstić information content (AvgIpc) is 2.50. The zero-order chi connectivity index (χ0) is 15.4. The third-order valence-electron chi connectivity index (χ3n) is 4.18. The number of unbranched alkanes of at least 4 members (excludes halogenated alkanes) is 14. The van der Waals surface area contributed by atoms with Crippen molar-refractivity contribution in [2.24, 2.45) is 0 Å². The largest absolute Gasteiger partial charge is 0.381 e. The van der Waals surface area contributed by atoms with E-state index < -0.39 is 0 Å². The summed E-state index contributed by atoms with van der Waals surface area (Å²) >= 11 is 0. The van der Waals surface area contributed by atoms with Gasteiger partial charge in [0.2, 0.25) is 0 Å². The number of hydrogen-bond donors (Lipinski definition) is 0. The maximum Gasteiger partial charge on any atom is 0.0466 e. The molecule has 0 bridgehead atoms. The van der Waals surface area contributed by atoms with Gasteiger partial charge in [-0.25, -0.2) is 0 Å². The van der Waals surface area contributed by atoms with E-state index in [2.05, 4.69) is 13.8 Å². The summed E-state index contributed by atoms with van der Waals surface area (Å²) in [6.45, 7) is 8.11. The van der Waals surface area contributed by atoms with E-state index in [-0.39, 0.29) is 0 Å². The van der Waals surface area contributed by atoms with Crippen molar-refractivity contribution in [1.82, 2.24) is 0 Å². The molecule has 21 heavy (non-hydrogen) atoms. The van der Waals surface area contributed by atoms with Gasteiger partial charge in [-0.05, 0) is 12.8 Å². The second-order valence-corrected chi connectivity index (χ2v) is 6.42. The van der Waals surface area contributed by atoms with Gasteiger partial charge in [-0.2, -0.15) is 0 Å². The van der Waals surface area contributed by atoms with Crippen molar-refractivity contribution in [1.29, 1.82) is 0 Å². The van der Waals surface area contributed by atoms with Crippen molar-refractivity contribution in [3.8, 4) is 0 Å². The molecule has 127 valence electrons. The van der Waals surface area contributed by atoms with Crippen LogP contribution in [-0.4, -0.2) is 13.2 Å². The predicted molar refractivity (Wildman–Crippen MR) is 95.7 cm³/mol. The summed E-state index contributed by atoms with van der Waals surface area (Å²) in [6, 6.07) is 0. The number of hydrogen-bond acceptors (Lipinski definition) is 1. The Morgan fingerprint density at radius 3 is 1.33 bits per heavy atom. The third kappa shape index (κ3) is 20.0. The quantitative estimate of drug-likeness (QED) is 0.245. The molecule has 0 rings (SSSR count). The molecule has 0 aromatic rings. The highest BCUT2D eigenvalue weighted by atomic mass is 16.5. The highest BCUT2D eigenvalue weighted by molar-refractivity contribution is 4.49. The van der Waals surface area contributed by atoms with Gasteiger partial charge in [0.05, 0.1) is 0 Å². The van der Waals surface area contributed by atoms with Crippen molar-refractivity contribution >= 4 is 0 Å². The lowest BCUT2D eigenvalue weighted by Crippen LogP contribution is -1.97. The Morgan fingerprint density at radius 1 is 0.524 bits per heavy atom. The minimum atomic E-state index is 0.980. The topological polar surface area (TPSA) is 9.23 Å². The summed E-state index contributed by atoms with van der Waals surface area (Å²) in [5.74, 6) is 0. The monoisotopic (exact) mass is 297 g/mol. The van der Waals surface area contributed by atoms with Crippen LogP contribution in [-0.2, 0) is 4.74 Å². The molecule has 0 aromatic heterocycles. The molecule has 0 aliphatic carbocycles. The van der Waals surface area contributed by atoms with Gasteiger partial charge in [0, 0.05) is 13.2 Å². The third-order valence-corrected chi connectivity index (χ3v) is 4.18. The van der Waals surface area contributed by atoms with Crippen LogP contribution in [0.3, 0.4) is 0 Å². The van der Waals surface area contributed by atoms with E-state index in [1.165, 1.54) is 96.3 Å². The van der Waals surface area contributed by atoms with Crippen molar-refractivity contribution in [2.75, 3.05) is 13.2 Å². The molecule has 0 saturated heterocycles. The summed E-state index contributed by atoms with van der Waals surface area (Å²) in [5.41, 5.74) is 0. The van der Waals surface area contributed by atoms with Gasteiger partial charge in [-0.15, -0.1) is 0 Å². The standard InChI is InChI=1S/C20H41O/c1-3-5-7-9-10-11-12-13-14-15-16-18-20-21-19-17-8-6-4-2/h1,3-20H2,2H3. The van der Waals surface area contributed by atoms with E-state index >= 15 is 0 Å². The molecule has 0 N–H and O–H groups in total. The Kier molecular flexibility index (Phi) is 19.9. The van der Waals surface area contributed by atoms with Gasteiger partial charge in [0.25, 0.3) is 0 Å². The predicted octanol–water partition coefficient (Wildman–Crippen LogP) is 7.10. The average molecular weight is 298 g/mol. The van der Waals surface area contributed by atoms with Crippen LogP contribution in [0.2, 0.25) is 0 Å². The lowest BCUT2D eigenvalue weighted by Gasteiger charge is -2.04. The molecule has 0 heterocycles. The Bertz CT molecular complexity index is 149. The molecule has 0 amide bonds. The Labute approximate surface area is 135 Å². The smallest absolute Gasteiger partial charge is 0.0466 e. The van der Waals surface area contributed by atoms with Crippen LogP contribution in [0.4, 0.5) is 0 Å². The summed E-state index contributed by atoms with van der Waals surface area (Å²) in [7, 11) is 0. The van der Waals surface area contributed by atoms with E-state index in [0.717, 1.165) is 19.6 Å². The fourth-order valence-electron chi connectivity index (χ4n) is 2.70. The maximum absolute atomic E-state index is 5.67. The molecule has 0 unspecified atom stereocenters. The molecule has 0 fully saturated rings. The van der Waals surface area contributed by atoms with Gasteiger partial charge < -0.3 is 4.74 Å². The van der Waals surface area contributed by atoms with E-state index in [0.29, 0.717) is 0 Å². The SMILES string of the molecule is [CH2]CCCCCCCCCCCCCOCCCCCC. The minimum Gasteiger partial charge on any atom is -0.381 e. The normalized spacial score (nSPS) is 11.1. The lowest BCUT2D eigenvalue weighted by atomic mass is 10.1. The summed E-state index contributed by atoms with van der Waals surface area (Å²) in [6.07, 6.45) is 21.7. The van der Waals surface area contributed by atoms with Crippen molar-refractivity contribution in [3.05, 3.63) is 6.92 Å². The molecule has 1 nitrogen and oxygen atoms in total. The van der Waals surface area contributed by atoms with Crippen LogP contribution in [0, 0.1) is 6.92 Å². The van der Waals surface area contributed by atoms with Gasteiger partial charge in [0.1, 0.15) is 0 Å². The molecular formula is C20H41O. The first-order valence-electron chi connectivity index (χ1n) is 9.78. The Balaban J connectivity index is 2.90. The van der Waals surface area contributed by atoms with Crippen molar-refractivity contribution in [2.45, 2.75) is 110 Å². The Hall–Kier alpha value is -0.0400. The van der Waals surface area contributed by atoms with Crippen molar-refractivity contribution in [3.63, 3.8) is 0 Å². The molecule has 0 aromatic carbocycles. The second kappa shape index (κ2) is 20.0. The fraction of sp³-hybridized carbons (Fsp3) is 0.950. The number of ether oxygens (including phenoxy) is 1. The lowest BCUT2D eigenvalue weighted by molar-refractivity contribution is 0.125. The zero-order valence-electron chi connectivity index (χ0n) is 14.8. The van der Waals surface area contributed by atoms with Crippen LogP contribution in [0.5, 0.6) is 0 Å². The Morgan fingerprint density at radius 2 is 0.905 bits per heavy atom. The van der Waals surface area contributed by atoms with E-state index in [1.54, 1.807) is 0 Å². The van der Waals surface area contributed by atoms with E-state index in [4.69, 9.17) is 4.74 Å². The van der Waals surface area contributed by atoms with Crippen molar-refractivity contribution < 1.29 is 4.74 Å². The van der Waals surface area contributed by atoms with Crippen LogP contribution in [0.25, 0.3) is 0 Å². The molecular weight excluding hydrogens is 256 g/mol. The first-order valence-corrected chi connectivity index (χ1v) is 9.78. The van der Waals surface area contributed by atoms with E-state index in [1.807, 2.05) is 0 Å². The van der Waals surface area contributed by atoms with Crippen LogP contribution >= 0.6 is 0 Å². The summed E-state index contributed by atoms with van der Waals surface area (Å²) < 4.78 is 5.67. The molecule has 1 radical (unpaired) electrons. The van der Waals surface area contributed by atoms with Gasteiger partial charge in [-0.3, -0.25) is 0 Å². The second-order valence-electron chi connectivity index (χ2n) is 6.42. The van der Waals surface area contributed by atoms with Crippen LogP contribution < -0.4 is 0 Å². The van der Waals surface area contributed by atoms with Crippen LogP contribution in [0.15, 0.2) is 0 Å². The molecule has 0 saturated carbocycles. The van der Waals surface area contributed by atoms with E-state index in [9.17, 15) is 0 Å². The highest BCUT2D eigenvalue weighted by Gasteiger charge is 1.94. The summed E-state index contributed by atoms with van der Waals surface area (Å²) in [4.78, 5) is 0. The minimum absolute atomic E-state index is 0.980.